The Morgan fingerprint density at radius 2 is 1.89 bits per heavy atom. The fourth-order valence-corrected chi connectivity index (χ4v) is 4.55. The number of nitrogens with zero attached hydrogens (tertiary/aromatic N) is 5. The number of nitrogens with one attached hydrogen (secondary N) is 1. The summed E-state index contributed by atoms with van der Waals surface area (Å²) in [6.07, 6.45) is 14.0. The average Bonchev–Trinajstić information content (AvgIpc) is 3.41. The number of piperidine rings is 1. The third-order valence-corrected chi connectivity index (χ3v) is 6.40. The molecular formula is C20H28N6OS. The van der Waals surface area contributed by atoms with Gasteiger partial charge >= 0.3 is 0 Å². The Bertz CT molecular complexity index is 778. The lowest BCUT2D eigenvalue weighted by Gasteiger charge is -2.32. The number of rotatable bonds is 6. The van der Waals surface area contributed by atoms with Crippen molar-refractivity contribution in [1.82, 2.24) is 24.6 Å². The van der Waals surface area contributed by atoms with E-state index in [0.29, 0.717) is 6.04 Å². The van der Waals surface area contributed by atoms with Crippen LogP contribution in [0.4, 0.5) is 5.82 Å². The maximum absolute atomic E-state index is 12.5. The minimum atomic E-state index is 0.158. The molecule has 1 saturated carbocycles. The normalized spacial score (nSPS) is 19.2. The molecule has 0 bridgehead atoms. The van der Waals surface area contributed by atoms with Crippen molar-refractivity contribution < 1.29 is 4.79 Å². The summed E-state index contributed by atoms with van der Waals surface area (Å²) in [7, 11) is 0. The molecule has 150 valence electrons. The number of thioether (sulfide) groups is 1. The molecule has 2 fully saturated rings. The third kappa shape index (κ3) is 4.55. The number of carbonyl (C=O) groups is 1. The summed E-state index contributed by atoms with van der Waals surface area (Å²) in [5.41, 5.74) is 1.15. The van der Waals surface area contributed by atoms with Gasteiger partial charge in [0.1, 0.15) is 5.82 Å². The molecule has 0 spiro atoms. The van der Waals surface area contributed by atoms with Crippen LogP contribution in [0.3, 0.4) is 0 Å². The quantitative estimate of drug-likeness (QED) is 0.592. The van der Waals surface area contributed by atoms with Crippen LogP contribution in [0.1, 0.15) is 50.1 Å². The van der Waals surface area contributed by atoms with Gasteiger partial charge in [0.25, 0.3) is 0 Å². The number of anilines is 1. The van der Waals surface area contributed by atoms with Crippen LogP contribution >= 0.6 is 11.8 Å². The highest BCUT2D eigenvalue weighted by Gasteiger charge is 2.26. The second kappa shape index (κ2) is 9.05. The maximum atomic E-state index is 12.5. The van der Waals surface area contributed by atoms with Gasteiger partial charge in [-0.2, -0.15) is 5.10 Å². The monoisotopic (exact) mass is 400 g/mol. The number of likely N-dealkylation sites (tertiary alicyclic amines) is 1. The van der Waals surface area contributed by atoms with Crippen LogP contribution in [0.25, 0.3) is 0 Å². The van der Waals surface area contributed by atoms with Crippen LogP contribution in [0.15, 0.2) is 29.8 Å². The Labute approximate surface area is 170 Å². The molecule has 2 aliphatic rings. The summed E-state index contributed by atoms with van der Waals surface area (Å²) in [6.45, 7) is 2.89. The van der Waals surface area contributed by atoms with Crippen molar-refractivity contribution in [3.63, 3.8) is 0 Å². The van der Waals surface area contributed by atoms with Gasteiger partial charge < -0.3 is 5.32 Å². The number of carbonyl (C=O) groups excluding carboxylic acids is 1. The first kappa shape index (κ1) is 19.4. The molecule has 1 N–H and O–H groups in total. The summed E-state index contributed by atoms with van der Waals surface area (Å²) in [5, 5.41) is 8.44. The Kier molecular flexibility index (Phi) is 6.26. The van der Waals surface area contributed by atoms with Crippen molar-refractivity contribution in [2.75, 3.05) is 24.7 Å². The lowest BCUT2D eigenvalue weighted by Crippen LogP contribution is -2.35. The number of amides is 1. The molecule has 7 nitrogen and oxygen atoms in total. The molecular weight excluding hydrogens is 372 g/mol. The van der Waals surface area contributed by atoms with Gasteiger partial charge in [-0.15, -0.1) is 0 Å². The number of hydrogen-bond donors (Lipinski definition) is 1. The smallest absolute Gasteiger partial charge is 0.228 e. The Balaban J connectivity index is 1.31. The molecule has 0 radical (unpaired) electrons. The Hall–Kier alpha value is -1.93. The van der Waals surface area contributed by atoms with Crippen LogP contribution in [-0.4, -0.2) is 49.9 Å². The molecule has 4 rings (SSSR count). The van der Waals surface area contributed by atoms with Crippen molar-refractivity contribution >= 4 is 23.5 Å². The molecule has 3 heterocycles. The van der Waals surface area contributed by atoms with E-state index in [2.05, 4.69) is 25.3 Å². The van der Waals surface area contributed by atoms with Crippen molar-refractivity contribution in [2.24, 2.45) is 5.92 Å². The zero-order valence-electron chi connectivity index (χ0n) is 16.4. The molecule has 1 amide bonds. The van der Waals surface area contributed by atoms with Gasteiger partial charge in [-0.05, 0) is 31.9 Å². The zero-order chi connectivity index (χ0) is 19.3. The Morgan fingerprint density at radius 1 is 1.18 bits per heavy atom. The fraction of sp³-hybridized carbons (Fsp3) is 0.600. The van der Waals surface area contributed by atoms with Crippen LogP contribution < -0.4 is 5.32 Å². The topological polar surface area (TPSA) is 75.9 Å². The second-order valence-corrected chi connectivity index (χ2v) is 8.49. The van der Waals surface area contributed by atoms with E-state index in [0.717, 1.165) is 61.9 Å². The van der Waals surface area contributed by atoms with Gasteiger partial charge in [0, 0.05) is 49.6 Å². The van der Waals surface area contributed by atoms with Gasteiger partial charge in [0.15, 0.2) is 5.16 Å². The standard InChI is InChI=1S/C20H28N6OS/c1-28-20-21-12-15(13-22-20)14-25-10-7-17(8-11-25)26-18(6-9-23-26)24-19(27)16-4-2-3-5-16/h6,9,12-13,16-17H,2-5,7-8,10-11,14H2,1H3,(H,24,27). The van der Waals surface area contributed by atoms with Crippen molar-refractivity contribution in [1.29, 1.82) is 0 Å². The number of hydrogen-bond acceptors (Lipinski definition) is 6. The molecule has 1 aliphatic heterocycles. The van der Waals surface area contributed by atoms with Crippen molar-refractivity contribution in [2.45, 2.75) is 56.3 Å². The highest BCUT2D eigenvalue weighted by atomic mass is 32.2. The van der Waals surface area contributed by atoms with E-state index in [1.807, 2.05) is 29.4 Å². The Morgan fingerprint density at radius 3 is 2.57 bits per heavy atom. The summed E-state index contributed by atoms with van der Waals surface area (Å²) in [5.74, 6) is 1.17. The first-order chi connectivity index (χ1) is 13.7. The van der Waals surface area contributed by atoms with Crippen molar-refractivity contribution in [3.05, 3.63) is 30.2 Å². The number of aromatic nitrogens is 4. The zero-order valence-corrected chi connectivity index (χ0v) is 17.2. The molecule has 2 aromatic rings. The van der Waals surface area contributed by atoms with E-state index in [-0.39, 0.29) is 11.8 Å². The van der Waals surface area contributed by atoms with Gasteiger partial charge in [0.05, 0.1) is 12.2 Å². The third-order valence-electron chi connectivity index (χ3n) is 5.82. The van der Waals surface area contributed by atoms with Gasteiger partial charge in [0.2, 0.25) is 5.91 Å². The highest BCUT2D eigenvalue weighted by molar-refractivity contribution is 7.98. The van der Waals surface area contributed by atoms with E-state index < -0.39 is 0 Å². The summed E-state index contributed by atoms with van der Waals surface area (Å²) < 4.78 is 2.01. The predicted octanol–water partition coefficient (Wildman–Crippen LogP) is 3.36. The van der Waals surface area contributed by atoms with Crippen LogP contribution in [-0.2, 0) is 11.3 Å². The summed E-state index contributed by atoms with van der Waals surface area (Å²) >= 11 is 1.56. The molecule has 28 heavy (non-hydrogen) atoms. The molecule has 2 aromatic heterocycles. The van der Waals surface area contributed by atoms with Gasteiger partial charge in [-0.25, -0.2) is 14.6 Å². The van der Waals surface area contributed by atoms with E-state index >= 15 is 0 Å². The van der Waals surface area contributed by atoms with Crippen LogP contribution in [0.5, 0.6) is 0 Å². The van der Waals surface area contributed by atoms with Crippen LogP contribution in [0, 0.1) is 5.92 Å². The largest absolute Gasteiger partial charge is 0.311 e. The van der Waals surface area contributed by atoms with Gasteiger partial charge in [-0.1, -0.05) is 24.6 Å². The van der Waals surface area contributed by atoms with Gasteiger partial charge in [-0.3, -0.25) is 9.69 Å². The van der Waals surface area contributed by atoms with E-state index in [9.17, 15) is 4.79 Å². The predicted molar refractivity (Wildman–Crippen MR) is 110 cm³/mol. The van der Waals surface area contributed by atoms with Crippen molar-refractivity contribution in [3.8, 4) is 0 Å². The molecule has 0 aromatic carbocycles. The van der Waals surface area contributed by atoms with E-state index in [4.69, 9.17) is 0 Å². The first-order valence-electron chi connectivity index (χ1n) is 10.1. The van der Waals surface area contributed by atoms with Crippen LogP contribution in [0.2, 0.25) is 0 Å². The fourth-order valence-electron chi connectivity index (χ4n) is 4.23. The maximum Gasteiger partial charge on any atom is 0.228 e. The second-order valence-electron chi connectivity index (χ2n) is 7.72. The minimum Gasteiger partial charge on any atom is -0.311 e. The average molecular weight is 401 g/mol. The van der Waals surface area contributed by atoms with E-state index in [1.54, 1.807) is 18.0 Å². The lowest BCUT2D eigenvalue weighted by atomic mass is 10.0. The molecule has 0 atom stereocenters. The van der Waals surface area contributed by atoms with E-state index in [1.165, 1.54) is 12.8 Å². The summed E-state index contributed by atoms with van der Waals surface area (Å²) in [6, 6.07) is 2.25. The molecule has 8 heteroatoms. The summed E-state index contributed by atoms with van der Waals surface area (Å²) in [4.78, 5) is 23.6. The lowest BCUT2D eigenvalue weighted by molar-refractivity contribution is -0.119. The highest BCUT2D eigenvalue weighted by Crippen LogP contribution is 2.29. The first-order valence-corrected chi connectivity index (χ1v) is 11.4. The minimum absolute atomic E-state index is 0.158. The SMILES string of the molecule is CSc1ncc(CN2CCC(n3nccc3NC(=O)C3CCCC3)CC2)cn1. The molecule has 1 aliphatic carbocycles. The molecule has 0 unspecified atom stereocenters. The molecule has 1 saturated heterocycles.